The number of carbonyl (C=O) groups is 4. The van der Waals surface area contributed by atoms with Crippen LogP contribution in [0.4, 0.5) is 0 Å². The average Bonchev–Trinajstić information content (AvgIpc) is 3.55. The summed E-state index contributed by atoms with van der Waals surface area (Å²) in [4.78, 5) is 51.8. The fraction of sp³-hybridized carbons (Fsp3) is 0.321. The number of carboxylic acid groups (broad SMARTS) is 2. The van der Waals surface area contributed by atoms with E-state index in [1.54, 1.807) is 25.3 Å². The van der Waals surface area contributed by atoms with E-state index in [0.29, 0.717) is 52.1 Å². The summed E-state index contributed by atoms with van der Waals surface area (Å²) in [6.07, 6.45) is 0.706. The second-order valence-corrected chi connectivity index (χ2v) is 11.1. The molecule has 0 aliphatic carbocycles. The van der Waals surface area contributed by atoms with E-state index in [2.05, 4.69) is 4.98 Å². The largest absolute Gasteiger partial charge is 0.496 e. The van der Waals surface area contributed by atoms with Crippen LogP contribution in [-0.2, 0) is 16.0 Å². The summed E-state index contributed by atoms with van der Waals surface area (Å²) in [5.41, 5.74) is 1.51. The molecular formula is C28H27NO9S2. The molecule has 10 nitrogen and oxygen atoms in total. The number of aliphatic carboxylic acids is 2. The molecule has 210 valence electrons. The monoisotopic (exact) mass is 585 g/mol. The third-order valence-corrected chi connectivity index (χ3v) is 8.34. The first-order valence-corrected chi connectivity index (χ1v) is 14.0. The SMILES string of the molecule is COc1cc2sc(C(=O)CCC(=O)O)cc2cc1CCCOc1nc2cc(C(=O)CCC(=O)O)sc2cc1OC. The van der Waals surface area contributed by atoms with Crippen molar-refractivity contribution >= 4 is 66.5 Å². The summed E-state index contributed by atoms with van der Waals surface area (Å²) in [5, 5.41) is 18.6. The van der Waals surface area contributed by atoms with Crippen molar-refractivity contribution in [3.05, 3.63) is 45.6 Å². The number of carboxylic acids is 2. The van der Waals surface area contributed by atoms with Crippen molar-refractivity contribution in [1.82, 2.24) is 4.98 Å². The lowest BCUT2D eigenvalue weighted by atomic mass is 10.1. The Labute approximate surface area is 237 Å². The number of ether oxygens (including phenoxy) is 3. The lowest BCUT2D eigenvalue weighted by Crippen LogP contribution is -2.03. The molecule has 0 fully saturated rings. The third kappa shape index (κ3) is 6.93. The number of rotatable bonds is 15. The minimum Gasteiger partial charge on any atom is -0.496 e. The Kier molecular flexibility index (Phi) is 9.33. The number of methoxy groups -OCH3 is 2. The molecule has 0 amide bonds. The molecule has 0 aliphatic heterocycles. The van der Waals surface area contributed by atoms with E-state index < -0.39 is 11.9 Å². The van der Waals surface area contributed by atoms with Gasteiger partial charge in [-0.1, -0.05) is 0 Å². The first-order chi connectivity index (χ1) is 19.2. The van der Waals surface area contributed by atoms with E-state index in [1.165, 1.54) is 29.8 Å². The number of ketones is 2. The normalized spacial score (nSPS) is 11.1. The molecule has 0 spiro atoms. The number of hydrogen-bond acceptors (Lipinski definition) is 10. The van der Waals surface area contributed by atoms with E-state index in [0.717, 1.165) is 20.3 Å². The van der Waals surface area contributed by atoms with Gasteiger partial charge < -0.3 is 24.4 Å². The number of fused-ring (bicyclic) bond motifs is 2. The Balaban J connectivity index is 1.42. The number of aromatic nitrogens is 1. The smallest absolute Gasteiger partial charge is 0.303 e. The van der Waals surface area contributed by atoms with Gasteiger partial charge in [-0.3, -0.25) is 19.2 Å². The highest BCUT2D eigenvalue weighted by atomic mass is 32.1. The van der Waals surface area contributed by atoms with Crippen LogP contribution in [-0.4, -0.2) is 59.5 Å². The van der Waals surface area contributed by atoms with Crippen molar-refractivity contribution in [2.24, 2.45) is 0 Å². The van der Waals surface area contributed by atoms with Crippen molar-refractivity contribution in [3.8, 4) is 17.4 Å². The molecule has 3 aromatic heterocycles. The van der Waals surface area contributed by atoms with E-state index in [9.17, 15) is 19.2 Å². The Morgan fingerprint density at radius 1 is 0.775 bits per heavy atom. The molecule has 0 atom stereocenters. The van der Waals surface area contributed by atoms with Gasteiger partial charge in [-0.15, -0.1) is 22.7 Å². The predicted octanol–water partition coefficient (Wildman–Crippen LogP) is 5.63. The third-order valence-electron chi connectivity index (χ3n) is 6.09. The Morgan fingerprint density at radius 2 is 1.38 bits per heavy atom. The number of carbonyl (C=O) groups excluding carboxylic acids is 2. The van der Waals surface area contributed by atoms with Gasteiger partial charge in [0.15, 0.2) is 17.3 Å². The zero-order valence-electron chi connectivity index (χ0n) is 21.9. The Morgan fingerprint density at radius 3 is 2.00 bits per heavy atom. The van der Waals surface area contributed by atoms with Crippen LogP contribution in [0.5, 0.6) is 17.4 Å². The van der Waals surface area contributed by atoms with Gasteiger partial charge in [-0.2, -0.15) is 0 Å². The molecule has 0 aliphatic rings. The van der Waals surface area contributed by atoms with Crippen LogP contribution in [0.15, 0.2) is 30.3 Å². The topological polar surface area (TPSA) is 149 Å². The number of hydrogen-bond donors (Lipinski definition) is 2. The highest BCUT2D eigenvalue weighted by molar-refractivity contribution is 7.21. The minimum atomic E-state index is -1.02. The molecule has 1 aromatic carbocycles. The molecule has 0 radical (unpaired) electrons. The molecule has 0 unspecified atom stereocenters. The molecule has 3 heterocycles. The van der Waals surface area contributed by atoms with Crippen molar-refractivity contribution < 1.29 is 43.6 Å². The Hall–Kier alpha value is -4.03. The number of nitrogens with zero attached hydrogens (tertiary/aromatic N) is 1. The molecule has 4 aromatic rings. The Bertz CT molecular complexity index is 1470. The molecule has 0 saturated carbocycles. The zero-order chi connectivity index (χ0) is 28.8. The van der Waals surface area contributed by atoms with Crippen molar-refractivity contribution in [2.75, 3.05) is 20.8 Å². The second kappa shape index (κ2) is 12.9. The van der Waals surface area contributed by atoms with Crippen LogP contribution in [0.1, 0.15) is 57.0 Å². The molecule has 12 heteroatoms. The van der Waals surface area contributed by atoms with Gasteiger partial charge in [0.05, 0.1) is 53.6 Å². The van der Waals surface area contributed by atoms with Crippen LogP contribution < -0.4 is 14.2 Å². The molecule has 4 rings (SSSR count). The van der Waals surface area contributed by atoms with Gasteiger partial charge >= 0.3 is 11.9 Å². The average molecular weight is 586 g/mol. The maximum atomic E-state index is 12.4. The molecular weight excluding hydrogens is 558 g/mol. The maximum Gasteiger partial charge on any atom is 0.303 e. The van der Waals surface area contributed by atoms with Crippen LogP contribution in [0, 0.1) is 0 Å². The summed E-state index contributed by atoms with van der Waals surface area (Å²) >= 11 is 2.55. The van der Waals surface area contributed by atoms with Crippen molar-refractivity contribution in [2.45, 2.75) is 38.5 Å². The van der Waals surface area contributed by atoms with Crippen LogP contribution in [0.25, 0.3) is 20.3 Å². The molecule has 2 N–H and O–H groups in total. The van der Waals surface area contributed by atoms with E-state index >= 15 is 0 Å². The van der Waals surface area contributed by atoms with Crippen LogP contribution in [0.3, 0.4) is 0 Å². The highest BCUT2D eigenvalue weighted by Crippen LogP contribution is 2.35. The standard InChI is InChI=1S/C28H27NO9S2/c1-36-20-13-22-16(11-24(39-22)18(30)5-7-26(32)33)10-15(20)4-3-9-38-28-21(37-2)14-23-17(29-28)12-25(40-23)19(31)6-8-27(34)35/h10-14H,3-9H2,1-2H3,(H,32,33)(H,34,35). The lowest BCUT2D eigenvalue weighted by Gasteiger charge is -2.11. The maximum absolute atomic E-state index is 12.4. The van der Waals surface area contributed by atoms with Crippen molar-refractivity contribution in [3.63, 3.8) is 0 Å². The number of aryl methyl sites for hydroxylation is 1. The van der Waals surface area contributed by atoms with Crippen LogP contribution >= 0.6 is 22.7 Å². The lowest BCUT2D eigenvalue weighted by molar-refractivity contribution is -0.137. The number of benzene rings is 1. The first kappa shape index (κ1) is 29.0. The predicted molar refractivity (Wildman–Crippen MR) is 151 cm³/mol. The summed E-state index contributed by atoms with van der Waals surface area (Å²) in [7, 11) is 3.09. The first-order valence-electron chi connectivity index (χ1n) is 12.4. The molecule has 0 saturated heterocycles. The summed E-state index contributed by atoms with van der Waals surface area (Å²) in [6.45, 7) is 0.327. The highest BCUT2D eigenvalue weighted by Gasteiger charge is 2.17. The molecule has 0 bridgehead atoms. The van der Waals surface area contributed by atoms with Gasteiger partial charge in [0, 0.05) is 23.6 Å². The number of Topliss-reactive ketones (excluding diaryl/α,β-unsaturated/α-hetero) is 2. The summed E-state index contributed by atoms with van der Waals surface area (Å²) in [6, 6.07) is 9.03. The van der Waals surface area contributed by atoms with E-state index in [1.807, 2.05) is 12.1 Å². The van der Waals surface area contributed by atoms with Gasteiger partial charge in [-0.05, 0) is 48.1 Å². The fourth-order valence-corrected chi connectivity index (χ4v) is 6.11. The number of thiophene rings is 2. The van der Waals surface area contributed by atoms with E-state index in [-0.39, 0.29) is 37.2 Å². The zero-order valence-corrected chi connectivity index (χ0v) is 23.5. The summed E-state index contributed by atoms with van der Waals surface area (Å²) in [5.74, 6) is -1.06. The molecule has 40 heavy (non-hydrogen) atoms. The van der Waals surface area contributed by atoms with Gasteiger partial charge in [0.25, 0.3) is 5.88 Å². The van der Waals surface area contributed by atoms with Crippen LogP contribution in [0.2, 0.25) is 0 Å². The summed E-state index contributed by atoms with van der Waals surface area (Å²) < 4.78 is 18.5. The van der Waals surface area contributed by atoms with Gasteiger partial charge in [0.2, 0.25) is 0 Å². The fourth-order valence-electron chi connectivity index (χ4n) is 4.08. The second-order valence-electron chi connectivity index (χ2n) is 8.89. The minimum absolute atomic E-state index is 0.0412. The van der Waals surface area contributed by atoms with Gasteiger partial charge in [0.1, 0.15) is 5.75 Å². The van der Waals surface area contributed by atoms with E-state index in [4.69, 9.17) is 24.4 Å². The number of pyridine rings is 1. The quantitative estimate of drug-likeness (QED) is 0.133. The van der Waals surface area contributed by atoms with Crippen molar-refractivity contribution in [1.29, 1.82) is 0 Å². The van der Waals surface area contributed by atoms with Gasteiger partial charge in [-0.25, -0.2) is 4.98 Å².